The lowest BCUT2D eigenvalue weighted by molar-refractivity contribution is 0.102. The van der Waals surface area contributed by atoms with Crippen LogP contribution in [0.25, 0.3) is 0 Å². The second kappa shape index (κ2) is 7.48. The summed E-state index contributed by atoms with van der Waals surface area (Å²) < 4.78 is 11.5. The summed E-state index contributed by atoms with van der Waals surface area (Å²) in [7, 11) is 0. The van der Waals surface area contributed by atoms with Gasteiger partial charge in [-0.05, 0) is 42.3 Å². The predicted octanol–water partition coefficient (Wildman–Crippen LogP) is 2.53. The van der Waals surface area contributed by atoms with E-state index < -0.39 is 17.2 Å². The van der Waals surface area contributed by atoms with E-state index in [2.05, 4.69) is 10.3 Å². The zero-order valence-electron chi connectivity index (χ0n) is 15.3. The van der Waals surface area contributed by atoms with Crippen LogP contribution in [0.4, 0.5) is 5.69 Å². The second-order valence-electron chi connectivity index (χ2n) is 6.45. The van der Waals surface area contributed by atoms with Crippen LogP contribution < -0.4 is 26.0 Å². The van der Waals surface area contributed by atoms with Crippen molar-refractivity contribution in [1.82, 2.24) is 9.55 Å². The maximum atomic E-state index is 12.8. The van der Waals surface area contributed by atoms with Crippen molar-refractivity contribution in [2.45, 2.75) is 13.5 Å². The molecule has 0 aliphatic carbocycles. The molecule has 0 saturated heterocycles. The van der Waals surface area contributed by atoms with Crippen molar-refractivity contribution in [3.8, 4) is 11.5 Å². The number of nitrogens with one attached hydrogen (secondary N) is 2. The third-order valence-electron chi connectivity index (χ3n) is 4.60. The fraction of sp³-hybridized carbons (Fsp3) is 0.150. The Morgan fingerprint density at radius 2 is 2.00 bits per heavy atom. The van der Waals surface area contributed by atoms with Crippen molar-refractivity contribution < 1.29 is 14.3 Å². The highest BCUT2D eigenvalue weighted by Gasteiger charge is 2.18. The number of aromatic amines is 1. The summed E-state index contributed by atoms with van der Waals surface area (Å²) >= 11 is 6.07. The fourth-order valence-electron chi connectivity index (χ4n) is 2.97. The molecule has 4 rings (SSSR count). The monoisotopic (exact) mass is 413 g/mol. The predicted molar refractivity (Wildman–Crippen MR) is 107 cm³/mol. The van der Waals surface area contributed by atoms with Crippen LogP contribution in [-0.4, -0.2) is 22.3 Å². The zero-order valence-corrected chi connectivity index (χ0v) is 16.1. The molecule has 1 aromatic heterocycles. The van der Waals surface area contributed by atoms with Gasteiger partial charge in [0, 0.05) is 16.9 Å². The number of anilines is 1. The molecule has 1 aliphatic heterocycles. The molecule has 1 aliphatic rings. The first-order valence-electron chi connectivity index (χ1n) is 8.71. The highest BCUT2D eigenvalue weighted by molar-refractivity contribution is 6.31. The van der Waals surface area contributed by atoms with Crippen LogP contribution in [0.5, 0.6) is 11.5 Å². The number of amides is 1. The number of H-pyrrole nitrogens is 1. The number of carbonyl (C=O) groups is 1. The van der Waals surface area contributed by atoms with Crippen molar-refractivity contribution in [1.29, 1.82) is 0 Å². The first-order chi connectivity index (χ1) is 13.9. The summed E-state index contributed by atoms with van der Waals surface area (Å²) in [6, 6.07) is 10.2. The lowest BCUT2D eigenvalue weighted by Crippen LogP contribution is -2.39. The van der Waals surface area contributed by atoms with Gasteiger partial charge in [-0.15, -0.1) is 0 Å². The first-order valence-corrected chi connectivity index (χ1v) is 9.09. The number of ether oxygens (including phenoxy) is 2. The quantitative estimate of drug-likeness (QED) is 0.684. The Bertz CT molecular complexity index is 1230. The molecule has 2 heterocycles. The van der Waals surface area contributed by atoms with Crippen molar-refractivity contribution in [3.05, 3.63) is 85.1 Å². The highest BCUT2D eigenvalue weighted by atomic mass is 35.5. The maximum absolute atomic E-state index is 12.8. The Balaban J connectivity index is 1.64. The second-order valence-corrected chi connectivity index (χ2v) is 6.86. The van der Waals surface area contributed by atoms with E-state index in [0.29, 0.717) is 33.3 Å². The molecular formula is C20H16ClN3O5. The van der Waals surface area contributed by atoms with Gasteiger partial charge in [0.25, 0.3) is 11.5 Å². The van der Waals surface area contributed by atoms with Gasteiger partial charge >= 0.3 is 5.69 Å². The summed E-state index contributed by atoms with van der Waals surface area (Å²) in [5.41, 5.74) is 0.296. The van der Waals surface area contributed by atoms with E-state index in [4.69, 9.17) is 21.1 Å². The van der Waals surface area contributed by atoms with Gasteiger partial charge in [0.05, 0.1) is 6.54 Å². The van der Waals surface area contributed by atoms with E-state index in [-0.39, 0.29) is 18.9 Å². The third kappa shape index (κ3) is 3.62. The summed E-state index contributed by atoms with van der Waals surface area (Å²) in [5.74, 6) is 0.494. The molecule has 0 atom stereocenters. The van der Waals surface area contributed by atoms with Gasteiger partial charge in [-0.2, -0.15) is 0 Å². The van der Waals surface area contributed by atoms with Crippen LogP contribution in [0, 0.1) is 6.92 Å². The molecule has 9 heteroatoms. The highest BCUT2D eigenvalue weighted by Crippen LogP contribution is 2.32. The van der Waals surface area contributed by atoms with Crippen molar-refractivity contribution in [2.24, 2.45) is 0 Å². The number of benzene rings is 2. The number of halogens is 1. The number of nitrogens with zero attached hydrogens (tertiary/aromatic N) is 1. The van der Waals surface area contributed by atoms with Crippen LogP contribution in [0.2, 0.25) is 5.02 Å². The molecule has 0 spiro atoms. The lowest BCUT2D eigenvalue weighted by atomic mass is 10.2. The largest absolute Gasteiger partial charge is 0.454 e. The fourth-order valence-corrected chi connectivity index (χ4v) is 3.15. The molecule has 0 saturated carbocycles. The SMILES string of the molecule is Cc1c(Cl)cccc1NC(=O)c1c[nH]c(=O)n(Cc2ccc3c(c2)OCO3)c1=O. The van der Waals surface area contributed by atoms with E-state index in [1.807, 2.05) is 0 Å². The molecule has 8 nitrogen and oxygen atoms in total. The van der Waals surface area contributed by atoms with E-state index in [9.17, 15) is 14.4 Å². The topological polar surface area (TPSA) is 102 Å². The van der Waals surface area contributed by atoms with Crippen LogP contribution >= 0.6 is 11.6 Å². The molecule has 0 bridgehead atoms. The minimum Gasteiger partial charge on any atom is -0.454 e. The molecule has 148 valence electrons. The van der Waals surface area contributed by atoms with Gasteiger partial charge in [0.2, 0.25) is 6.79 Å². The van der Waals surface area contributed by atoms with Crippen molar-refractivity contribution in [2.75, 3.05) is 12.1 Å². The molecule has 3 aromatic rings. The standard InChI is InChI=1S/C20H16ClN3O5/c1-11-14(21)3-2-4-15(11)23-18(25)13-8-22-20(27)24(19(13)26)9-12-5-6-16-17(7-12)29-10-28-16/h2-8H,9-10H2,1H3,(H,22,27)(H,23,25). The van der Waals surface area contributed by atoms with E-state index in [1.165, 1.54) is 0 Å². The molecule has 0 fully saturated rings. The van der Waals surface area contributed by atoms with Crippen LogP contribution in [-0.2, 0) is 6.54 Å². The number of rotatable bonds is 4. The van der Waals surface area contributed by atoms with E-state index >= 15 is 0 Å². The van der Waals surface area contributed by atoms with Crippen LogP contribution in [0.15, 0.2) is 52.2 Å². The van der Waals surface area contributed by atoms with Gasteiger partial charge in [0.1, 0.15) is 5.56 Å². The Morgan fingerprint density at radius 1 is 1.21 bits per heavy atom. The molecule has 29 heavy (non-hydrogen) atoms. The Kier molecular flexibility index (Phi) is 4.85. The molecule has 0 unspecified atom stereocenters. The summed E-state index contributed by atoms with van der Waals surface area (Å²) in [6.07, 6.45) is 1.11. The number of hydrogen-bond acceptors (Lipinski definition) is 5. The third-order valence-corrected chi connectivity index (χ3v) is 5.01. The molecule has 2 aromatic carbocycles. The van der Waals surface area contributed by atoms with E-state index in [1.54, 1.807) is 43.3 Å². The van der Waals surface area contributed by atoms with Crippen LogP contribution in [0.3, 0.4) is 0 Å². The first kappa shape index (κ1) is 18.8. The Labute approximate surface area is 169 Å². The number of aromatic nitrogens is 2. The molecular weight excluding hydrogens is 398 g/mol. The number of carbonyl (C=O) groups excluding carboxylic acids is 1. The normalized spacial score (nSPS) is 12.1. The molecule has 1 amide bonds. The van der Waals surface area contributed by atoms with E-state index in [0.717, 1.165) is 10.8 Å². The molecule has 0 radical (unpaired) electrons. The number of fused-ring (bicyclic) bond motifs is 1. The van der Waals surface area contributed by atoms with Crippen LogP contribution in [0.1, 0.15) is 21.5 Å². The van der Waals surface area contributed by atoms with Crippen molar-refractivity contribution >= 4 is 23.2 Å². The summed E-state index contributed by atoms with van der Waals surface area (Å²) in [5, 5.41) is 3.15. The van der Waals surface area contributed by atoms with Gasteiger partial charge < -0.3 is 19.8 Å². The Hall–Kier alpha value is -3.52. The summed E-state index contributed by atoms with van der Waals surface area (Å²) in [6.45, 7) is 1.85. The smallest absolute Gasteiger partial charge is 0.328 e. The minimum absolute atomic E-state index is 0.0257. The lowest BCUT2D eigenvalue weighted by Gasteiger charge is -2.11. The van der Waals surface area contributed by atoms with Gasteiger partial charge in [-0.25, -0.2) is 4.79 Å². The number of hydrogen-bond donors (Lipinski definition) is 2. The average Bonchev–Trinajstić information content (AvgIpc) is 3.16. The molecule has 2 N–H and O–H groups in total. The van der Waals surface area contributed by atoms with Gasteiger partial charge in [-0.1, -0.05) is 23.7 Å². The maximum Gasteiger partial charge on any atom is 0.328 e. The average molecular weight is 414 g/mol. The minimum atomic E-state index is -0.705. The Morgan fingerprint density at radius 3 is 2.83 bits per heavy atom. The van der Waals surface area contributed by atoms with Crippen molar-refractivity contribution in [3.63, 3.8) is 0 Å². The summed E-state index contributed by atoms with van der Waals surface area (Å²) in [4.78, 5) is 40.1. The zero-order chi connectivity index (χ0) is 20.5. The van der Waals surface area contributed by atoms with Gasteiger partial charge in [0.15, 0.2) is 11.5 Å². The van der Waals surface area contributed by atoms with Gasteiger partial charge in [-0.3, -0.25) is 14.2 Å².